The van der Waals surface area contributed by atoms with Crippen LogP contribution in [0, 0.1) is 0 Å². The average Bonchev–Trinajstić information content (AvgIpc) is 2.99. The van der Waals surface area contributed by atoms with Gasteiger partial charge in [-0.3, -0.25) is 4.57 Å². The molecule has 1 aromatic heterocycles. The van der Waals surface area contributed by atoms with Crippen molar-refractivity contribution >= 4 is 0 Å². The number of hydrogen-bond acceptors (Lipinski definition) is 3. The molecule has 1 aromatic rings. The van der Waals surface area contributed by atoms with Crippen LogP contribution in [0.25, 0.3) is 0 Å². The number of nitrogens with zero attached hydrogens (tertiary/aromatic N) is 2. The van der Waals surface area contributed by atoms with E-state index in [1.807, 2.05) is 4.57 Å². The summed E-state index contributed by atoms with van der Waals surface area (Å²) in [6, 6.07) is 0.417. The van der Waals surface area contributed by atoms with Crippen LogP contribution in [-0.2, 0) is 6.42 Å². The van der Waals surface area contributed by atoms with Crippen molar-refractivity contribution in [3.63, 3.8) is 0 Å². The molecule has 84 valence electrons. The lowest BCUT2D eigenvalue weighted by Crippen LogP contribution is -2.17. The maximum atomic E-state index is 11.4. The third-order valence-corrected chi connectivity index (χ3v) is 2.79. The number of H-pyrrole nitrogens is 1. The highest BCUT2D eigenvalue weighted by atomic mass is 16.1. The highest BCUT2D eigenvalue weighted by molar-refractivity contribution is 4.95. The number of hydrogen-bond donors (Lipinski definition) is 2. The van der Waals surface area contributed by atoms with Crippen LogP contribution in [0.15, 0.2) is 4.79 Å². The summed E-state index contributed by atoms with van der Waals surface area (Å²) in [4.78, 5) is 11.4. The van der Waals surface area contributed by atoms with Crippen molar-refractivity contribution in [2.45, 2.75) is 44.6 Å². The molecule has 1 aliphatic rings. The van der Waals surface area contributed by atoms with E-state index in [0.717, 1.165) is 50.9 Å². The summed E-state index contributed by atoms with van der Waals surface area (Å²) in [5.74, 6) is 0.916. The minimum atomic E-state index is -0.0497. The van der Waals surface area contributed by atoms with E-state index < -0.39 is 0 Å². The first-order valence-electron chi connectivity index (χ1n) is 5.69. The van der Waals surface area contributed by atoms with E-state index in [0.29, 0.717) is 6.04 Å². The zero-order valence-corrected chi connectivity index (χ0v) is 8.91. The Morgan fingerprint density at radius 2 is 2.20 bits per heavy atom. The van der Waals surface area contributed by atoms with Crippen molar-refractivity contribution in [2.75, 3.05) is 6.54 Å². The lowest BCUT2D eigenvalue weighted by molar-refractivity contribution is 0.614. The number of aromatic nitrogens is 3. The fourth-order valence-electron chi connectivity index (χ4n) is 1.83. The number of nitrogens with two attached hydrogens (primary N) is 1. The van der Waals surface area contributed by atoms with Gasteiger partial charge in [-0.05, 0) is 32.2 Å². The second kappa shape index (κ2) is 4.61. The van der Waals surface area contributed by atoms with Crippen LogP contribution in [-0.4, -0.2) is 21.3 Å². The van der Waals surface area contributed by atoms with Gasteiger partial charge in [-0.15, -0.1) is 0 Å². The van der Waals surface area contributed by atoms with Gasteiger partial charge in [-0.1, -0.05) is 6.42 Å². The zero-order chi connectivity index (χ0) is 10.7. The molecule has 0 bridgehead atoms. The maximum absolute atomic E-state index is 11.4. The zero-order valence-electron chi connectivity index (χ0n) is 8.91. The van der Waals surface area contributed by atoms with Crippen LogP contribution in [0.1, 0.15) is 44.0 Å². The quantitative estimate of drug-likeness (QED) is 0.674. The van der Waals surface area contributed by atoms with E-state index in [1.54, 1.807) is 0 Å². The van der Waals surface area contributed by atoms with Crippen LogP contribution >= 0.6 is 0 Å². The number of unbranched alkanes of at least 4 members (excludes halogenated alkanes) is 2. The van der Waals surface area contributed by atoms with Crippen molar-refractivity contribution in [1.29, 1.82) is 0 Å². The Labute approximate surface area is 88.7 Å². The van der Waals surface area contributed by atoms with Crippen LogP contribution in [0.4, 0.5) is 0 Å². The second-order valence-electron chi connectivity index (χ2n) is 4.15. The molecule has 0 aliphatic heterocycles. The van der Waals surface area contributed by atoms with Crippen molar-refractivity contribution in [3.8, 4) is 0 Å². The predicted molar refractivity (Wildman–Crippen MR) is 57.7 cm³/mol. The lowest BCUT2D eigenvalue weighted by atomic mass is 10.2. The first-order valence-corrected chi connectivity index (χ1v) is 5.69. The minimum absolute atomic E-state index is 0.0497. The van der Waals surface area contributed by atoms with Crippen molar-refractivity contribution in [3.05, 3.63) is 16.3 Å². The van der Waals surface area contributed by atoms with Crippen LogP contribution in [0.2, 0.25) is 0 Å². The molecular formula is C10H18N4O. The molecule has 0 amide bonds. The van der Waals surface area contributed by atoms with Gasteiger partial charge < -0.3 is 5.73 Å². The summed E-state index contributed by atoms with van der Waals surface area (Å²) in [6.45, 7) is 0.746. The van der Waals surface area contributed by atoms with Gasteiger partial charge in [0.1, 0.15) is 5.82 Å². The fourth-order valence-corrected chi connectivity index (χ4v) is 1.83. The average molecular weight is 210 g/mol. The Morgan fingerprint density at radius 3 is 2.87 bits per heavy atom. The fraction of sp³-hybridized carbons (Fsp3) is 0.800. The molecule has 5 heteroatoms. The maximum Gasteiger partial charge on any atom is 0.343 e. The second-order valence-corrected chi connectivity index (χ2v) is 4.15. The largest absolute Gasteiger partial charge is 0.343 e. The summed E-state index contributed by atoms with van der Waals surface area (Å²) < 4.78 is 1.82. The molecule has 0 aromatic carbocycles. The Kier molecular flexibility index (Phi) is 3.20. The molecule has 0 unspecified atom stereocenters. The molecule has 0 spiro atoms. The SMILES string of the molecule is NCCCCCc1n[nH]c(=O)n1C1CC1. The van der Waals surface area contributed by atoms with Gasteiger partial charge in [-0.25, -0.2) is 9.89 Å². The van der Waals surface area contributed by atoms with Gasteiger partial charge in [0.25, 0.3) is 0 Å². The lowest BCUT2D eigenvalue weighted by Gasteiger charge is -2.02. The van der Waals surface area contributed by atoms with Gasteiger partial charge in [0, 0.05) is 12.5 Å². The predicted octanol–water partition coefficient (Wildman–Crippen LogP) is 0.578. The number of aryl methyl sites for hydroxylation is 1. The molecule has 1 saturated carbocycles. The van der Waals surface area contributed by atoms with Gasteiger partial charge in [0.2, 0.25) is 0 Å². The normalized spacial score (nSPS) is 15.8. The van der Waals surface area contributed by atoms with Crippen molar-refractivity contribution < 1.29 is 0 Å². The van der Waals surface area contributed by atoms with E-state index >= 15 is 0 Å². The molecule has 0 atom stereocenters. The van der Waals surface area contributed by atoms with Gasteiger partial charge in [0.15, 0.2) is 0 Å². The topological polar surface area (TPSA) is 76.7 Å². The first kappa shape index (κ1) is 10.4. The van der Waals surface area contributed by atoms with Crippen LogP contribution < -0.4 is 11.4 Å². The summed E-state index contributed by atoms with van der Waals surface area (Å²) in [5.41, 5.74) is 5.37. The smallest absolute Gasteiger partial charge is 0.330 e. The van der Waals surface area contributed by atoms with E-state index in [-0.39, 0.29) is 5.69 Å². The summed E-state index contributed by atoms with van der Waals surface area (Å²) in [5, 5.41) is 6.60. The Morgan fingerprint density at radius 1 is 1.40 bits per heavy atom. The van der Waals surface area contributed by atoms with Crippen molar-refractivity contribution in [1.82, 2.24) is 14.8 Å². The number of aromatic amines is 1. The number of nitrogens with one attached hydrogen (secondary N) is 1. The molecule has 2 rings (SSSR count). The standard InChI is InChI=1S/C10H18N4O/c11-7-3-1-2-4-9-12-13-10(15)14(9)8-5-6-8/h8H,1-7,11H2,(H,13,15). The highest BCUT2D eigenvalue weighted by Crippen LogP contribution is 2.34. The third kappa shape index (κ3) is 2.47. The highest BCUT2D eigenvalue weighted by Gasteiger charge is 2.27. The monoisotopic (exact) mass is 210 g/mol. The molecular weight excluding hydrogens is 192 g/mol. The molecule has 1 heterocycles. The molecule has 0 saturated heterocycles. The Hall–Kier alpha value is -1.10. The van der Waals surface area contributed by atoms with Gasteiger partial charge in [0.05, 0.1) is 0 Å². The van der Waals surface area contributed by atoms with E-state index in [4.69, 9.17) is 5.73 Å². The molecule has 1 fully saturated rings. The van der Waals surface area contributed by atoms with E-state index in [9.17, 15) is 4.79 Å². The molecule has 15 heavy (non-hydrogen) atoms. The minimum Gasteiger partial charge on any atom is -0.330 e. The van der Waals surface area contributed by atoms with Crippen LogP contribution in [0.5, 0.6) is 0 Å². The third-order valence-electron chi connectivity index (χ3n) is 2.79. The summed E-state index contributed by atoms with van der Waals surface area (Å²) >= 11 is 0. The molecule has 3 N–H and O–H groups in total. The summed E-state index contributed by atoms with van der Waals surface area (Å²) in [6.07, 6.45) is 6.36. The summed E-state index contributed by atoms with van der Waals surface area (Å²) in [7, 11) is 0. The van der Waals surface area contributed by atoms with Crippen LogP contribution in [0.3, 0.4) is 0 Å². The first-order chi connectivity index (χ1) is 7.33. The Bertz CT molecular complexity index is 364. The van der Waals surface area contributed by atoms with E-state index in [2.05, 4.69) is 10.2 Å². The molecule has 1 aliphatic carbocycles. The van der Waals surface area contributed by atoms with E-state index in [1.165, 1.54) is 0 Å². The Balaban J connectivity index is 1.92. The van der Waals surface area contributed by atoms with Gasteiger partial charge >= 0.3 is 5.69 Å². The molecule has 0 radical (unpaired) electrons. The molecule has 5 nitrogen and oxygen atoms in total. The number of rotatable bonds is 6. The van der Waals surface area contributed by atoms with Crippen molar-refractivity contribution in [2.24, 2.45) is 5.73 Å². The van der Waals surface area contributed by atoms with Gasteiger partial charge in [-0.2, -0.15) is 5.10 Å².